The minimum Gasteiger partial charge on any atom is -0.475 e. The normalized spacial score (nSPS) is 22.2. The third kappa shape index (κ3) is 8.58. The number of halogens is 3. The predicted octanol–water partition coefficient (Wildman–Crippen LogP) is -0.456. The molecule has 0 unspecified atom stereocenters. The fraction of sp³-hybridized carbons (Fsp3) is 0.789. The van der Waals surface area contributed by atoms with Gasteiger partial charge in [-0.2, -0.15) is 18.4 Å². The number of carboxylic acid groups (broad SMARTS) is 1. The van der Waals surface area contributed by atoms with Crippen LogP contribution in [-0.2, 0) is 19.1 Å². The Kier molecular flexibility index (Phi) is 10.8. The lowest BCUT2D eigenvalue weighted by Crippen LogP contribution is -2.54. The van der Waals surface area contributed by atoms with Gasteiger partial charge in [-0.05, 0) is 12.8 Å². The van der Waals surface area contributed by atoms with E-state index in [1.54, 1.807) is 21.7 Å². The van der Waals surface area contributed by atoms with Crippen LogP contribution >= 0.6 is 11.8 Å². The van der Waals surface area contributed by atoms with E-state index in [0.29, 0.717) is 44.5 Å². The van der Waals surface area contributed by atoms with Crippen molar-refractivity contribution in [3.8, 4) is 6.07 Å². The summed E-state index contributed by atoms with van der Waals surface area (Å²) < 4.78 is 37.0. The molecule has 34 heavy (non-hydrogen) atoms. The van der Waals surface area contributed by atoms with Crippen LogP contribution in [0.4, 0.5) is 13.2 Å². The Balaban J connectivity index is 0.000000509. The Morgan fingerprint density at radius 2 is 1.74 bits per heavy atom. The monoisotopic (exact) mass is 510 g/mol. The molecule has 3 N–H and O–H groups in total. The number of hydrogen-bond donors (Lipinski definition) is 2. The number of nitrogens with two attached hydrogens (primary N) is 1. The Morgan fingerprint density at radius 1 is 1.15 bits per heavy atom. The summed E-state index contributed by atoms with van der Waals surface area (Å²) in [6.45, 7) is 4.87. The zero-order valence-electron chi connectivity index (χ0n) is 18.6. The molecule has 192 valence electrons. The highest BCUT2D eigenvalue weighted by Gasteiger charge is 2.38. The second-order valence-electron chi connectivity index (χ2n) is 7.98. The van der Waals surface area contributed by atoms with E-state index in [9.17, 15) is 22.8 Å². The molecule has 0 saturated carbocycles. The van der Waals surface area contributed by atoms with Gasteiger partial charge in [-0.15, -0.1) is 11.8 Å². The third-order valence-electron chi connectivity index (χ3n) is 5.66. The van der Waals surface area contributed by atoms with Gasteiger partial charge in [0.05, 0.1) is 38.2 Å². The number of hydrogen-bond acceptors (Lipinski definition) is 9. The number of morpholine rings is 1. The minimum absolute atomic E-state index is 0.0807. The Bertz CT molecular complexity index is 754. The van der Waals surface area contributed by atoms with Gasteiger partial charge in [0.2, 0.25) is 11.8 Å². The largest absolute Gasteiger partial charge is 0.490 e. The molecule has 3 aliphatic heterocycles. The summed E-state index contributed by atoms with van der Waals surface area (Å²) in [5.74, 6) is 4.66. The SMILES string of the molecule is N#C[C@@H]1CSCN1C(=O)CN(N)C1CCN(C(=O)CN2CCOCC2)CC1.O=C(O)C(F)(F)F. The highest BCUT2D eigenvalue weighted by atomic mass is 32.2. The highest BCUT2D eigenvalue weighted by Crippen LogP contribution is 2.21. The summed E-state index contributed by atoms with van der Waals surface area (Å²) in [4.78, 5) is 39.4. The molecule has 3 rings (SSSR count). The van der Waals surface area contributed by atoms with Crippen LogP contribution in [0, 0.1) is 11.3 Å². The van der Waals surface area contributed by atoms with Gasteiger partial charge in [0.25, 0.3) is 0 Å². The lowest BCUT2D eigenvalue weighted by molar-refractivity contribution is -0.192. The second kappa shape index (κ2) is 13.1. The molecular weight excluding hydrogens is 481 g/mol. The van der Waals surface area contributed by atoms with Gasteiger partial charge >= 0.3 is 12.1 Å². The number of amides is 2. The number of nitriles is 1. The lowest BCUT2D eigenvalue weighted by Gasteiger charge is -2.37. The van der Waals surface area contributed by atoms with Crippen molar-refractivity contribution in [2.75, 3.05) is 64.1 Å². The van der Waals surface area contributed by atoms with E-state index in [-0.39, 0.29) is 30.4 Å². The molecule has 1 atom stereocenters. The topological polar surface area (TPSA) is 143 Å². The summed E-state index contributed by atoms with van der Waals surface area (Å²) in [6, 6.07) is 1.90. The summed E-state index contributed by atoms with van der Waals surface area (Å²) in [5, 5.41) is 17.8. The number of carboxylic acids is 1. The molecule has 3 fully saturated rings. The smallest absolute Gasteiger partial charge is 0.475 e. The molecule has 0 bridgehead atoms. The first-order chi connectivity index (χ1) is 16.0. The van der Waals surface area contributed by atoms with Gasteiger partial charge in [0.1, 0.15) is 6.04 Å². The van der Waals surface area contributed by atoms with E-state index in [1.165, 1.54) is 0 Å². The zero-order chi connectivity index (χ0) is 25.3. The molecule has 2 amide bonds. The molecule has 3 heterocycles. The molecule has 0 spiro atoms. The van der Waals surface area contributed by atoms with Crippen LogP contribution in [0.3, 0.4) is 0 Å². The van der Waals surface area contributed by atoms with Crippen LogP contribution in [0.2, 0.25) is 0 Å². The summed E-state index contributed by atoms with van der Waals surface area (Å²) in [5.41, 5.74) is 0. The van der Waals surface area contributed by atoms with Gasteiger partial charge in [-0.3, -0.25) is 20.3 Å². The van der Waals surface area contributed by atoms with Crippen molar-refractivity contribution in [2.24, 2.45) is 5.84 Å². The van der Waals surface area contributed by atoms with Crippen LogP contribution in [0.1, 0.15) is 12.8 Å². The van der Waals surface area contributed by atoms with Crippen molar-refractivity contribution in [2.45, 2.75) is 31.1 Å². The molecule has 3 aliphatic rings. The summed E-state index contributed by atoms with van der Waals surface area (Å²) >= 11 is 1.59. The molecule has 0 aromatic carbocycles. The number of carbonyl (C=O) groups excluding carboxylic acids is 2. The average molecular weight is 511 g/mol. The quantitative estimate of drug-likeness (QED) is 0.368. The average Bonchev–Trinajstić information content (AvgIpc) is 3.29. The van der Waals surface area contributed by atoms with E-state index in [1.807, 2.05) is 4.90 Å². The van der Waals surface area contributed by atoms with Gasteiger partial charge < -0.3 is 19.6 Å². The van der Waals surface area contributed by atoms with Crippen LogP contribution < -0.4 is 5.84 Å². The van der Waals surface area contributed by atoms with Crippen molar-refractivity contribution in [3.63, 3.8) is 0 Å². The van der Waals surface area contributed by atoms with Gasteiger partial charge in [-0.1, -0.05) is 0 Å². The van der Waals surface area contributed by atoms with E-state index in [2.05, 4.69) is 11.0 Å². The number of thioether (sulfide) groups is 1. The number of piperidine rings is 1. The maximum absolute atomic E-state index is 12.5. The number of ether oxygens (including phenoxy) is 1. The van der Waals surface area contributed by atoms with Crippen molar-refractivity contribution in [3.05, 3.63) is 0 Å². The second-order valence-corrected chi connectivity index (χ2v) is 8.98. The van der Waals surface area contributed by atoms with Crippen molar-refractivity contribution < 1.29 is 37.4 Å². The molecule has 0 aliphatic carbocycles. The fourth-order valence-electron chi connectivity index (χ4n) is 3.67. The molecule has 0 radical (unpaired) electrons. The molecule has 11 nitrogen and oxygen atoms in total. The summed E-state index contributed by atoms with van der Waals surface area (Å²) in [7, 11) is 0. The van der Waals surface area contributed by atoms with Crippen LogP contribution in [0.15, 0.2) is 0 Å². The van der Waals surface area contributed by atoms with Crippen molar-refractivity contribution in [1.29, 1.82) is 5.26 Å². The maximum Gasteiger partial charge on any atom is 0.490 e. The first-order valence-electron chi connectivity index (χ1n) is 10.7. The third-order valence-corrected chi connectivity index (χ3v) is 6.67. The van der Waals surface area contributed by atoms with Crippen molar-refractivity contribution in [1.82, 2.24) is 19.7 Å². The molecule has 3 saturated heterocycles. The Labute approximate surface area is 199 Å². The number of alkyl halides is 3. The van der Waals surface area contributed by atoms with Crippen LogP contribution in [0.25, 0.3) is 0 Å². The Hall–Kier alpha value is -2.12. The highest BCUT2D eigenvalue weighted by molar-refractivity contribution is 7.99. The molecule has 15 heteroatoms. The van der Waals surface area contributed by atoms with E-state index >= 15 is 0 Å². The number of hydrazine groups is 1. The number of aliphatic carboxylic acids is 1. The van der Waals surface area contributed by atoms with Crippen LogP contribution in [-0.4, -0.2) is 125 Å². The number of nitrogens with zero attached hydrogens (tertiary/aromatic N) is 5. The van der Waals surface area contributed by atoms with Gasteiger partial charge in [-0.25, -0.2) is 9.80 Å². The lowest BCUT2D eigenvalue weighted by atomic mass is 10.0. The van der Waals surface area contributed by atoms with Gasteiger partial charge in [0.15, 0.2) is 0 Å². The predicted molar refractivity (Wildman–Crippen MR) is 115 cm³/mol. The first kappa shape index (κ1) is 28.1. The fourth-order valence-corrected chi connectivity index (χ4v) is 4.77. The maximum atomic E-state index is 12.5. The molecular formula is C19H29F3N6O5S. The van der Waals surface area contributed by atoms with E-state index in [4.69, 9.17) is 25.7 Å². The molecule has 0 aromatic rings. The number of carbonyl (C=O) groups is 3. The standard InChI is InChI=1S/C17H28N6O3S.C2HF3O2/c18-9-15-12-27-13-22(15)17(25)11-23(19)14-1-3-21(4-2-14)16(24)10-20-5-7-26-8-6-20;3-2(4,5)1(6)7/h14-15H,1-8,10-13,19H2;(H,6,7)/t15-;/m1./s1. The summed E-state index contributed by atoms with van der Waals surface area (Å²) in [6.07, 6.45) is -3.57. The van der Waals surface area contributed by atoms with Gasteiger partial charge in [0, 0.05) is 38.0 Å². The Morgan fingerprint density at radius 3 is 2.26 bits per heavy atom. The minimum atomic E-state index is -5.08. The number of likely N-dealkylation sites (tertiary alicyclic amines) is 1. The van der Waals surface area contributed by atoms with E-state index in [0.717, 1.165) is 25.9 Å². The zero-order valence-corrected chi connectivity index (χ0v) is 19.4. The first-order valence-corrected chi connectivity index (χ1v) is 11.8. The van der Waals surface area contributed by atoms with Crippen molar-refractivity contribution >= 4 is 29.5 Å². The van der Waals surface area contributed by atoms with E-state index < -0.39 is 12.1 Å². The van der Waals surface area contributed by atoms with Crippen LogP contribution in [0.5, 0.6) is 0 Å². The number of rotatable bonds is 5. The molecule has 0 aromatic heterocycles.